The Morgan fingerprint density at radius 1 is 1.14 bits per heavy atom. The minimum absolute atomic E-state index is 0.157. The van der Waals surface area contributed by atoms with Crippen LogP contribution in [0.1, 0.15) is 47.7 Å². The highest BCUT2D eigenvalue weighted by molar-refractivity contribution is 7.22. The average molecular weight is 396 g/mol. The van der Waals surface area contributed by atoms with Gasteiger partial charge in [0.2, 0.25) is 5.91 Å². The molecule has 0 fully saturated rings. The van der Waals surface area contributed by atoms with Crippen molar-refractivity contribution in [3.05, 3.63) is 59.2 Å². The zero-order valence-electron chi connectivity index (χ0n) is 16.2. The molecule has 0 spiro atoms. The van der Waals surface area contributed by atoms with Gasteiger partial charge in [-0.1, -0.05) is 48.9 Å². The Hall–Kier alpha value is -2.73. The molecule has 0 unspecified atom stereocenters. The molecule has 0 aliphatic rings. The first-order valence-corrected chi connectivity index (χ1v) is 10.4. The molecule has 28 heavy (non-hydrogen) atoms. The Kier molecular flexibility index (Phi) is 6.76. The van der Waals surface area contributed by atoms with E-state index in [4.69, 9.17) is 0 Å². The lowest BCUT2D eigenvalue weighted by molar-refractivity contribution is -0.116. The first-order valence-electron chi connectivity index (χ1n) is 9.60. The van der Waals surface area contributed by atoms with Gasteiger partial charge in [0.1, 0.15) is 0 Å². The Labute approximate surface area is 169 Å². The third kappa shape index (κ3) is 5.16. The van der Waals surface area contributed by atoms with Gasteiger partial charge < -0.3 is 10.6 Å². The van der Waals surface area contributed by atoms with E-state index in [2.05, 4.69) is 34.7 Å². The number of thiazole rings is 1. The van der Waals surface area contributed by atoms with Crippen molar-refractivity contribution in [3.8, 4) is 0 Å². The number of rotatable bonds is 8. The minimum Gasteiger partial charge on any atom is -0.352 e. The number of amides is 2. The van der Waals surface area contributed by atoms with Crippen molar-refractivity contribution in [1.82, 2.24) is 10.3 Å². The van der Waals surface area contributed by atoms with Crippen LogP contribution < -0.4 is 10.6 Å². The Morgan fingerprint density at radius 2 is 1.96 bits per heavy atom. The van der Waals surface area contributed by atoms with Crippen LogP contribution in [-0.2, 0) is 11.2 Å². The Balaban J connectivity index is 1.52. The molecule has 3 rings (SSSR count). The molecule has 3 aromatic rings. The first kappa shape index (κ1) is 20.0. The summed E-state index contributed by atoms with van der Waals surface area (Å²) in [6.45, 7) is 4.36. The normalized spacial score (nSPS) is 10.8. The monoisotopic (exact) mass is 395 g/mol. The van der Waals surface area contributed by atoms with E-state index >= 15 is 0 Å². The summed E-state index contributed by atoms with van der Waals surface area (Å²) in [5, 5.41) is 6.22. The standard InChI is InChI=1S/C22H25N3O2S/c1-3-4-8-16-10-11-18-19(14-16)28-22(24-18)25-20(26)12-13-23-21(27)17-9-6-5-7-15(17)2/h5-7,9-11,14H,3-4,8,12-13H2,1-2H3,(H,23,27)(H,24,25,26). The molecule has 2 aromatic carbocycles. The number of unbranched alkanes of at least 4 members (excludes halogenated alkanes) is 1. The molecule has 1 heterocycles. The van der Waals surface area contributed by atoms with E-state index in [0.29, 0.717) is 10.7 Å². The van der Waals surface area contributed by atoms with E-state index in [1.165, 1.54) is 29.7 Å². The molecule has 6 heteroatoms. The maximum atomic E-state index is 12.2. The number of hydrogen-bond acceptors (Lipinski definition) is 4. The van der Waals surface area contributed by atoms with Crippen LogP contribution in [0.3, 0.4) is 0 Å². The lowest BCUT2D eigenvalue weighted by Crippen LogP contribution is -2.28. The number of anilines is 1. The van der Waals surface area contributed by atoms with Crippen LogP contribution in [0.15, 0.2) is 42.5 Å². The van der Waals surface area contributed by atoms with Gasteiger partial charge in [0.15, 0.2) is 5.13 Å². The number of benzene rings is 2. The molecule has 0 bridgehead atoms. The van der Waals surface area contributed by atoms with Gasteiger partial charge >= 0.3 is 0 Å². The zero-order chi connectivity index (χ0) is 19.9. The molecule has 0 radical (unpaired) electrons. The molecule has 1 aromatic heterocycles. The number of nitrogens with one attached hydrogen (secondary N) is 2. The predicted octanol–water partition coefficient (Wildman–Crippen LogP) is 4.71. The van der Waals surface area contributed by atoms with Gasteiger partial charge in [-0.2, -0.15) is 0 Å². The summed E-state index contributed by atoms with van der Waals surface area (Å²) in [7, 11) is 0. The van der Waals surface area contributed by atoms with E-state index in [1.807, 2.05) is 31.2 Å². The second-order valence-corrected chi connectivity index (χ2v) is 7.82. The van der Waals surface area contributed by atoms with Crippen LogP contribution in [0.5, 0.6) is 0 Å². The zero-order valence-corrected chi connectivity index (χ0v) is 17.1. The van der Waals surface area contributed by atoms with Crippen LogP contribution >= 0.6 is 11.3 Å². The van der Waals surface area contributed by atoms with Crippen LogP contribution in [0.25, 0.3) is 10.2 Å². The number of carbonyl (C=O) groups is 2. The smallest absolute Gasteiger partial charge is 0.251 e. The summed E-state index contributed by atoms with van der Waals surface area (Å²) >= 11 is 1.48. The van der Waals surface area contributed by atoms with Crippen molar-refractivity contribution in [2.24, 2.45) is 0 Å². The Bertz CT molecular complexity index is 981. The summed E-state index contributed by atoms with van der Waals surface area (Å²) in [6.07, 6.45) is 3.60. The van der Waals surface area contributed by atoms with Crippen LogP contribution in [0, 0.1) is 6.92 Å². The quantitative estimate of drug-likeness (QED) is 0.580. The number of nitrogens with zero attached hydrogens (tertiary/aromatic N) is 1. The fraction of sp³-hybridized carbons (Fsp3) is 0.318. The molecule has 0 saturated carbocycles. The van der Waals surface area contributed by atoms with Crippen molar-refractivity contribution >= 4 is 38.5 Å². The van der Waals surface area contributed by atoms with Crippen LogP contribution in [-0.4, -0.2) is 23.3 Å². The van der Waals surface area contributed by atoms with E-state index < -0.39 is 0 Å². The number of fused-ring (bicyclic) bond motifs is 1. The highest BCUT2D eigenvalue weighted by atomic mass is 32.1. The predicted molar refractivity (Wildman–Crippen MR) is 115 cm³/mol. The maximum absolute atomic E-state index is 12.2. The third-order valence-corrected chi connectivity index (χ3v) is 5.48. The summed E-state index contributed by atoms with van der Waals surface area (Å²) in [5.74, 6) is -0.319. The topological polar surface area (TPSA) is 71.1 Å². The number of aryl methyl sites for hydroxylation is 2. The number of aromatic nitrogens is 1. The second kappa shape index (κ2) is 9.46. The minimum atomic E-state index is -0.162. The van der Waals surface area contributed by atoms with Gasteiger partial charge in [0, 0.05) is 18.5 Å². The highest BCUT2D eigenvalue weighted by Crippen LogP contribution is 2.27. The first-order chi connectivity index (χ1) is 13.6. The molecule has 0 aliphatic heterocycles. The molecular weight excluding hydrogens is 370 g/mol. The van der Waals surface area contributed by atoms with Crippen LogP contribution in [0.4, 0.5) is 5.13 Å². The van der Waals surface area contributed by atoms with E-state index in [1.54, 1.807) is 6.07 Å². The molecule has 146 valence electrons. The lowest BCUT2D eigenvalue weighted by Gasteiger charge is -2.07. The summed E-state index contributed by atoms with van der Waals surface area (Å²) in [5.41, 5.74) is 3.74. The van der Waals surface area contributed by atoms with Gasteiger partial charge in [0.05, 0.1) is 10.2 Å². The molecule has 0 aliphatic carbocycles. The van der Waals surface area contributed by atoms with Crippen LogP contribution in [0.2, 0.25) is 0 Å². The molecule has 0 saturated heterocycles. The molecule has 2 N–H and O–H groups in total. The maximum Gasteiger partial charge on any atom is 0.251 e. The van der Waals surface area contributed by atoms with Gasteiger partial charge in [-0.15, -0.1) is 0 Å². The Morgan fingerprint density at radius 3 is 2.75 bits per heavy atom. The molecular formula is C22H25N3O2S. The summed E-state index contributed by atoms with van der Waals surface area (Å²) in [4.78, 5) is 28.8. The van der Waals surface area contributed by atoms with E-state index in [-0.39, 0.29) is 24.8 Å². The molecule has 5 nitrogen and oxygen atoms in total. The summed E-state index contributed by atoms with van der Waals surface area (Å²) < 4.78 is 1.08. The largest absolute Gasteiger partial charge is 0.352 e. The lowest BCUT2D eigenvalue weighted by atomic mass is 10.1. The van der Waals surface area contributed by atoms with E-state index in [0.717, 1.165) is 22.2 Å². The van der Waals surface area contributed by atoms with Gasteiger partial charge in [-0.05, 0) is 49.1 Å². The van der Waals surface area contributed by atoms with Crippen molar-refractivity contribution in [1.29, 1.82) is 0 Å². The van der Waals surface area contributed by atoms with Crippen molar-refractivity contribution < 1.29 is 9.59 Å². The van der Waals surface area contributed by atoms with Gasteiger partial charge in [0.25, 0.3) is 5.91 Å². The fourth-order valence-electron chi connectivity index (χ4n) is 2.95. The van der Waals surface area contributed by atoms with E-state index in [9.17, 15) is 9.59 Å². The molecule has 0 atom stereocenters. The SMILES string of the molecule is CCCCc1ccc2nc(NC(=O)CCNC(=O)c3ccccc3C)sc2c1. The average Bonchev–Trinajstić information content (AvgIpc) is 3.07. The van der Waals surface area contributed by atoms with Crippen molar-refractivity contribution in [2.45, 2.75) is 39.5 Å². The number of carbonyl (C=O) groups excluding carboxylic acids is 2. The summed E-state index contributed by atoms with van der Waals surface area (Å²) in [6, 6.07) is 13.7. The van der Waals surface area contributed by atoms with Crippen molar-refractivity contribution in [2.75, 3.05) is 11.9 Å². The molecule has 2 amide bonds. The van der Waals surface area contributed by atoms with Gasteiger partial charge in [-0.3, -0.25) is 9.59 Å². The third-order valence-electron chi connectivity index (χ3n) is 4.55. The second-order valence-electron chi connectivity index (χ2n) is 6.79. The highest BCUT2D eigenvalue weighted by Gasteiger charge is 2.11. The number of hydrogen-bond donors (Lipinski definition) is 2. The van der Waals surface area contributed by atoms with Crippen molar-refractivity contribution in [3.63, 3.8) is 0 Å². The van der Waals surface area contributed by atoms with Gasteiger partial charge in [-0.25, -0.2) is 4.98 Å². The fourth-order valence-corrected chi connectivity index (χ4v) is 3.90.